The molecule has 0 aliphatic carbocycles. The molecule has 1 aromatic carbocycles. The zero-order chi connectivity index (χ0) is 18.2. The first-order chi connectivity index (χ1) is 12.1. The van der Waals surface area contributed by atoms with Gasteiger partial charge in [-0.25, -0.2) is 0 Å². The number of thioether (sulfide) groups is 1. The molecule has 2 aromatic rings. The normalized spacial score (nSPS) is 11.7. The number of carbonyl (C=O) groups excluding carboxylic acids is 1. The van der Waals surface area contributed by atoms with Crippen molar-refractivity contribution < 1.29 is 14.3 Å². The Morgan fingerprint density at radius 2 is 2.08 bits per heavy atom. The molecule has 1 amide bonds. The molecule has 0 fully saturated rings. The number of hydrogen-bond acceptors (Lipinski definition) is 5. The summed E-state index contributed by atoms with van der Waals surface area (Å²) < 4.78 is 10.7. The first-order valence-electron chi connectivity index (χ1n) is 8.35. The van der Waals surface area contributed by atoms with Crippen molar-refractivity contribution in [2.45, 2.75) is 25.3 Å². The van der Waals surface area contributed by atoms with Gasteiger partial charge in [0.2, 0.25) is 5.91 Å². The van der Waals surface area contributed by atoms with E-state index in [2.05, 4.69) is 16.4 Å². The molecule has 1 aromatic heterocycles. The molecule has 4 N–H and O–H groups in total. The van der Waals surface area contributed by atoms with Crippen LogP contribution < -0.4 is 20.5 Å². The van der Waals surface area contributed by atoms with Gasteiger partial charge >= 0.3 is 0 Å². The summed E-state index contributed by atoms with van der Waals surface area (Å²) in [5.74, 6) is 2.36. The number of hydrogen-bond donors (Lipinski definition) is 3. The SMILES string of the molecule is COc1cc(OC)c2cc(CCCNC(=O)[C@@H](N)CCSC)[nH]c2c1.Cl. The molecule has 8 heteroatoms. The van der Waals surface area contributed by atoms with Crippen molar-refractivity contribution in [1.29, 1.82) is 0 Å². The molecule has 0 saturated heterocycles. The molecular weight excluding hydrogens is 374 g/mol. The minimum absolute atomic E-state index is 0. The van der Waals surface area contributed by atoms with Gasteiger partial charge in [0.05, 0.1) is 25.8 Å². The minimum Gasteiger partial charge on any atom is -0.497 e. The van der Waals surface area contributed by atoms with Crippen LogP contribution in [0.1, 0.15) is 18.5 Å². The van der Waals surface area contributed by atoms with Crippen molar-refractivity contribution in [2.24, 2.45) is 5.73 Å². The third kappa shape index (κ3) is 6.00. The number of nitrogens with two attached hydrogens (primary N) is 1. The van der Waals surface area contributed by atoms with Crippen LogP contribution in [0.4, 0.5) is 0 Å². The smallest absolute Gasteiger partial charge is 0.236 e. The van der Waals surface area contributed by atoms with Crippen LogP contribution in [0.15, 0.2) is 18.2 Å². The standard InChI is InChI=1S/C18H27N3O3S.ClH/c1-23-13-10-16-14(17(11-13)24-2)9-12(21-16)5-4-7-20-18(22)15(19)6-8-25-3;/h9-11,15,21H,4-8,19H2,1-3H3,(H,20,22);1H/t15-;/m0./s1. The summed E-state index contributed by atoms with van der Waals surface area (Å²) in [6.45, 7) is 0.613. The highest BCUT2D eigenvalue weighted by Crippen LogP contribution is 2.31. The van der Waals surface area contributed by atoms with Gasteiger partial charge in [0, 0.05) is 29.8 Å². The fourth-order valence-corrected chi connectivity index (χ4v) is 3.15. The summed E-state index contributed by atoms with van der Waals surface area (Å²) in [5.41, 5.74) is 7.93. The average Bonchev–Trinajstić information content (AvgIpc) is 3.04. The third-order valence-electron chi connectivity index (χ3n) is 4.08. The summed E-state index contributed by atoms with van der Waals surface area (Å²) in [6, 6.07) is 5.49. The number of aromatic amines is 1. The van der Waals surface area contributed by atoms with Crippen LogP contribution in [0.3, 0.4) is 0 Å². The lowest BCUT2D eigenvalue weighted by Gasteiger charge is -2.11. The van der Waals surface area contributed by atoms with Crippen molar-refractivity contribution in [1.82, 2.24) is 10.3 Å². The summed E-state index contributed by atoms with van der Waals surface area (Å²) in [7, 11) is 3.29. The lowest BCUT2D eigenvalue weighted by atomic mass is 10.2. The summed E-state index contributed by atoms with van der Waals surface area (Å²) in [5, 5.41) is 3.93. The molecule has 6 nitrogen and oxygen atoms in total. The van der Waals surface area contributed by atoms with E-state index in [0.717, 1.165) is 46.7 Å². The Kier molecular flexibility index (Phi) is 9.69. The number of H-pyrrole nitrogens is 1. The Balaban J connectivity index is 0.00000338. The Morgan fingerprint density at radius 3 is 2.73 bits per heavy atom. The summed E-state index contributed by atoms with van der Waals surface area (Å²) in [6.07, 6.45) is 4.39. The lowest BCUT2D eigenvalue weighted by Crippen LogP contribution is -2.41. The van der Waals surface area contributed by atoms with Crippen LogP contribution in [0.2, 0.25) is 0 Å². The van der Waals surface area contributed by atoms with Gasteiger partial charge in [-0.15, -0.1) is 12.4 Å². The maximum Gasteiger partial charge on any atom is 0.236 e. The van der Waals surface area contributed by atoms with Crippen LogP contribution in [0.25, 0.3) is 10.9 Å². The highest BCUT2D eigenvalue weighted by Gasteiger charge is 2.12. The number of fused-ring (bicyclic) bond motifs is 1. The van der Waals surface area contributed by atoms with Crippen LogP contribution in [-0.2, 0) is 11.2 Å². The van der Waals surface area contributed by atoms with Crippen molar-refractivity contribution in [2.75, 3.05) is 32.8 Å². The fraction of sp³-hybridized carbons (Fsp3) is 0.500. The van der Waals surface area contributed by atoms with Gasteiger partial charge in [0.15, 0.2) is 0 Å². The van der Waals surface area contributed by atoms with Crippen molar-refractivity contribution >= 4 is 41.0 Å². The number of ether oxygens (including phenoxy) is 2. The molecule has 26 heavy (non-hydrogen) atoms. The lowest BCUT2D eigenvalue weighted by molar-refractivity contribution is -0.122. The number of rotatable bonds is 10. The zero-order valence-corrected chi connectivity index (χ0v) is 17.1. The molecular formula is C18H28ClN3O3S. The van der Waals surface area contributed by atoms with Crippen LogP contribution in [0.5, 0.6) is 11.5 Å². The largest absolute Gasteiger partial charge is 0.497 e. The van der Waals surface area contributed by atoms with Crippen LogP contribution in [-0.4, -0.2) is 49.7 Å². The molecule has 0 bridgehead atoms. The minimum atomic E-state index is -0.419. The number of aryl methyl sites for hydroxylation is 1. The van der Waals surface area contributed by atoms with Gasteiger partial charge in [-0.1, -0.05) is 0 Å². The van der Waals surface area contributed by atoms with Crippen molar-refractivity contribution in [3.8, 4) is 11.5 Å². The molecule has 0 saturated carbocycles. The molecule has 0 aliphatic rings. The monoisotopic (exact) mass is 401 g/mol. The Hall–Kier alpha value is -1.57. The zero-order valence-electron chi connectivity index (χ0n) is 15.5. The molecule has 146 valence electrons. The first kappa shape index (κ1) is 22.5. The molecule has 1 heterocycles. The van der Waals surface area contributed by atoms with E-state index in [1.54, 1.807) is 26.0 Å². The number of amides is 1. The maximum atomic E-state index is 11.9. The van der Waals surface area contributed by atoms with Gasteiger partial charge in [0.25, 0.3) is 0 Å². The van der Waals surface area contributed by atoms with E-state index in [4.69, 9.17) is 15.2 Å². The number of aromatic nitrogens is 1. The van der Waals surface area contributed by atoms with Crippen LogP contribution >= 0.6 is 24.2 Å². The Bertz CT molecular complexity index is 708. The predicted molar refractivity (Wildman–Crippen MR) is 111 cm³/mol. The number of carbonyl (C=O) groups is 1. The number of methoxy groups -OCH3 is 2. The van der Waals surface area contributed by atoms with Gasteiger partial charge in [-0.3, -0.25) is 4.79 Å². The Morgan fingerprint density at radius 1 is 1.31 bits per heavy atom. The first-order valence-corrected chi connectivity index (χ1v) is 9.74. The quantitative estimate of drug-likeness (QED) is 0.532. The van der Waals surface area contributed by atoms with Crippen molar-refractivity contribution in [3.63, 3.8) is 0 Å². The highest BCUT2D eigenvalue weighted by atomic mass is 35.5. The molecule has 1 atom stereocenters. The number of benzene rings is 1. The van der Waals surface area contributed by atoms with Crippen molar-refractivity contribution in [3.05, 3.63) is 23.9 Å². The second kappa shape index (κ2) is 11.2. The number of halogens is 1. The van der Waals surface area contributed by atoms with E-state index < -0.39 is 6.04 Å². The maximum absolute atomic E-state index is 11.9. The van der Waals surface area contributed by atoms with Crippen LogP contribution in [0, 0.1) is 0 Å². The summed E-state index contributed by atoms with van der Waals surface area (Å²) in [4.78, 5) is 15.3. The fourth-order valence-electron chi connectivity index (χ4n) is 2.66. The van der Waals surface area contributed by atoms with E-state index in [1.807, 2.05) is 18.4 Å². The average molecular weight is 402 g/mol. The van der Waals surface area contributed by atoms with E-state index in [1.165, 1.54) is 0 Å². The number of nitrogens with one attached hydrogen (secondary N) is 2. The topological polar surface area (TPSA) is 89.4 Å². The van der Waals surface area contributed by atoms with E-state index in [-0.39, 0.29) is 18.3 Å². The van der Waals surface area contributed by atoms with Gasteiger partial charge in [-0.2, -0.15) is 11.8 Å². The van der Waals surface area contributed by atoms with E-state index in [9.17, 15) is 4.79 Å². The molecule has 0 unspecified atom stereocenters. The van der Waals surface area contributed by atoms with Gasteiger partial charge in [-0.05, 0) is 37.3 Å². The second-order valence-corrected chi connectivity index (χ2v) is 6.85. The van der Waals surface area contributed by atoms with Gasteiger partial charge in [0.1, 0.15) is 11.5 Å². The molecule has 0 spiro atoms. The highest BCUT2D eigenvalue weighted by molar-refractivity contribution is 7.98. The second-order valence-electron chi connectivity index (χ2n) is 5.87. The van der Waals surface area contributed by atoms with E-state index >= 15 is 0 Å². The molecule has 2 rings (SSSR count). The third-order valence-corrected chi connectivity index (χ3v) is 4.72. The summed E-state index contributed by atoms with van der Waals surface area (Å²) >= 11 is 1.70. The molecule has 0 radical (unpaired) electrons. The Labute approximate surface area is 165 Å². The van der Waals surface area contributed by atoms with E-state index in [0.29, 0.717) is 13.0 Å². The van der Waals surface area contributed by atoms with Gasteiger partial charge < -0.3 is 25.5 Å². The molecule has 0 aliphatic heterocycles. The predicted octanol–water partition coefficient (Wildman–Crippen LogP) is 2.74.